The molecule has 0 aliphatic heterocycles. The minimum Gasteiger partial charge on any atom is -0.465 e. The molecule has 1 aromatic heterocycles. The summed E-state index contributed by atoms with van der Waals surface area (Å²) in [6.45, 7) is 23.0. The predicted molar refractivity (Wildman–Crippen MR) is 217 cm³/mol. The molecule has 0 fully saturated rings. The molecule has 55 heavy (non-hydrogen) atoms. The third kappa shape index (κ3) is 13.8. The fourth-order valence-corrected chi connectivity index (χ4v) is 7.12. The van der Waals surface area contributed by atoms with Crippen molar-refractivity contribution < 1.29 is 38.3 Å². The number of hydrogen-bond acceptors (Lipinski definition) is 9. The number of pyridine rings is 1. The molecule has 0 bridgehead atoms. The highest BCUT2D eigenvalue weighted by Crippen LogP contribution is 2.42. The first-order valence-corrected chi connectivity index (χ1v) is 21.9. The number of carbonyl (C=O) groups excluding carboxylic acids is 1. The first-order chi connectivity index (χ1) is 25.4. The molecule has 1 heterocycles. The molecule has 0 aliphatic rings. The summed E-state index contributed by atoms with van der Waals surface area (Å²) in [5.74, 6) is 0.107. The van der Waals surface area contributed by atoms with E-state index in [9.17, 15) is 29.6 Å². The largest absolute Gasteiger partial charge is 0.514 e. The van der Waals surface area contributed by atoms with Gasteiger partial charge in [-0.3, -0.25) is 14.9 Å². The van der Waals surface area contributed by atoms with Gasteiger partial charge in [0.2, 0.25) is 5.56 Å². The van der Waals surface area contributed by atoms with Crippen LogP contribution in [-0.2, 0) is 20.3 Å². The van der Waals surface area contributed by atoms with Gasteiger partial charge in [-0.25, -0.2) is 9.59 Å². The molecule has 13 nitrogen and oxygen atoms in total. The maximum atomic E-state index is 12.7. The lowest BCUT2D eigenvalue weighted by Gasteiger charge is -2.40. The second kappa shape index (κ2) is 18.6. The average molecular weight is 784 g/mol. The number of ether oxygens (including phenoxy) is 3. The Kier molecular flexibility index (Phi) is 15.2. The smallest absolute Gasteiger partial charge is 0.465 e. The molecule has 304 valence electrons. The number of fused-ring (bicyclic) bond motifs is 1. The fourth-order valence-electron chi connectivity index (χ4n) is 5.85. The second-order valence-electron chi connectivity index (χ2n) is 17.7. The molecule has 0 saturated carbocycles. The van der Waals surface area contributed by atoms with Crippen LogP contribution in [0.5, 0.6) is 5.75 Å². The number of carboxylic acid groups (broad SMARTS) is 1. The van der Waals surface area contributed by atoms with Crippen LogP contribution in [-0.4, -0.2) is 71.9 Å². The Morgan fingerprint density at radius 2 is 1.58 bits per heavy atom. The maximum absolute atomic E-state index is 12.7. The number of nitrogens with one attached hydrogen (secondary N) is 1. The highest BCUT2D eigenvalue weighted by molar-refractivity contribution is 6.74. The number of non-ortho nitro benzene ring substituents is 1. The van der Waals surface area contributed by atoms with Gasteiger partial charge in [0, 0.05) is 30.1 Å². The number of nitrogens with zero attached hydrogens (tertiary/aromatic N) is 2. The van der Waals surface area contributed by atoms with E-state index in [2.05, 4.69) is 59.6 Å². The molecule has 2 N–H and O–H groups in total. The van der Waals surface area contributed by atoms with Crippen LogP contribution in [0.4, 0.5) is 15.3 Å². The van der Waals surface area contributed by atoms with Crippen molar-refractivity contribution in [1.29, 1.82) is 0 Å². The zero-order valence-corrected chi connectivity index (χ0v) is 35.4. The number of benzene rings is 2. The standard InChI is InChI=1S/C41H61N3O10Si/c1-39(2,3)34(51-26-24-28-16-18-29(19-17-28)44(49)50)15-13-12-14-25-43(37(46)47)27-33(54-55(10,11)41(7,8)9)30-20-22-32(52-38(48)53-40(4,5)6)36-31(30)21-23-35(45)42-36/h16-23,33-34H,12-15,24-27H2,1-11H3,(H,42,45)(H,46,47)/t33?,34-/m1/s1. The Bertz CT molecular complexity index is 1820. The van der Waals surface area contributed by atoms with E-state index >= 15 is 0 Å². The van der Waals surface area contributed by atoms with Crippen LogP contribution in [0.2, 0.25) is 18.1 Å². The van der Waals surface area contributed by atoms with Gasteiger partial charge in [0.05, 0.1) is 35.8 Å². The van der Waals surface area contributed by atoms with Crippen molar-refractivity contribution in [3.05, 3.63) is 80.1 Å². The Morgan fingerprint density at radius 1 is 0.927 bits per heavy atom. The lowest BCUT2D eigenvalue weighted by molar-refractivity contribution is -0.384. The lowest BCUT2D eigenvalue weighted by atomic mass is 9.86. The highest BCUT2D eigenvalue weighted by Gasteiger charge is 2.40. The van der Waals surface area contributed by atoms with Crippen molar-refractivity contribution in [3.63, 3.8) is 0 Å². The first kappa shape index (κ1) is 45.1. The number of rotatable bonds is 17. The molecular formula is C41H61N3O10Si. The van der Waals surface area contributed by atoms with Crippen LogP contribution < -0.4 is 10.3 Å². The summed E-state index contributed by atoms with van der Waals surface area (Å²) in [5, 5.41) is 21.8. The van der Waals surface area contributed by atoms with E-state index in [0.717, 1.165) is 24.8 Å². The van der Waals surface area contributed by atoms with Crippen LogP contribution in [0, 0.1) is 15.5 Å². The van der Waals surface area contributed by atoms with Gasteiger partial charge in [-0.1, -0.05) is 72.6 Å². The Morgan fingerprint density at radius 3 is 2.15 bits per heavy atom. The molecule has 0 radical (unpaired) electrons. The molecule has 2 atom stereocenters. The van der Waals surface area contributed by atoms with Gasteiger partial charge in [0.25, 0.3) is 5.69 Å². The van der Waals surface area contributed by atoms with E-state index in [0.29, 0.717) is 36.9 Å². The van der Waals surface area contributed by atoms with Crippen molar-refractivity contribution in [2.45, 2.75) is 130 Å². The number of hydrogen-bond donors (Lipinski definition) is 2. The van der Waals surface area contributed by atoms with Gasteiger partial charge < -0.3 is 33.6 Å². The average Bonchev–Trinajstić information content (AvgIpc) is 3.04. The van der Waals surface area contributed by atoms with Crippen LogP contribution in [0.1, 0.15) is 105 Å². The molecule has 3 aromatic rings. The van der Waals surface area contributed by atoms with Crippen LogP contribution in [0.25, 0.3) is 10.9 Å². The monoisotopic (exact) mass is 783 g/mol. The summed E-state index contributed by atoms with van der Waals surface area (Å²) < 4.78 is 24.1. The summed E-state index contributed by atoms with van der Waals surface area (Å²) in [7, 11) is -2.47. The third-order valence-corrected chi connectivity index (χ3v) is 14.4. The van der Waals surface area contributed by atoms with Gasteiger partial charge >= 0.3 is 12.2 Å². The number of unbranched alkanes of at least 4 members (excludes halogenated alkanes) is 2. The number of amides is 1. The molecule has 0 spiro atoms. The Labute approximate surface area is 326 Å². The van der Waals surface area contributed by atoms with E-state index in [1.807, 2.05) is 0 Å². The lowest BCUT2D eigenvalue weighted by Crippen LogP contribution is -2.45. The molecule has 0 saturated heterocycles. The van der Waals surface area contributed by atoms with E-state index < -0.39 is 42.8 Å². The van der Waals surface area contributed by atoms with E-state index in [1.165, 1.54) is 23.1 Å². The zero-order valence-electron chi connectivity index (χ0n) is 34.4. The molecule has 0 aliphatic carbocycles. The van der Waals surface area contributed by atoms with Crippen LogP contribution >= 0.6 is 0 Å². The Balaban J connectivity index is 1.76. The molecule has 14 heteroatoms. The minimum atomic E-state index is -2.47. The number of aromatic amines is 1. The second-order valence-corrected chi connectivity index (χ2v) is 22.4. The number of aromatic nitrogens is 1. The van der Waals surface area contributed by atoms with Crippen molar-refractivity contribution in [2.24, 2.45) is 5.41 Å². The van der Waals surface area contributed by atoms with Gasteiger partial charge in [0.15, 0.2) is 14.1 Å². The number of nitro benzene ring substituents is 1. The maximum Gasteiger partial charge on any atom is 0.514 e. The molecule has 2 aromatic carbocycles. The number of H-pyrrole nitrogens is 1. The zero-order chi connectivity index (χ0) is 41.4. The van der Waals surface area contributed by atoms with Crippen molar-refractivity contribution in [3.8, 4) is 5.75 Å². The summed E-state index contributed by atoms with van der Waals surface area (Å²) in [5.41, 5.74) is 0.679. The minimum absolute atomic E-state index is 0.0227. The van der Waals surface area contributed by atoms with Gasteiger partial charge in [0.1, 0.15) is 5.60 Å². The topological polar surface area (TPSA) is 171 Å². The van der Waals surface area contributed by atoms with Crippen LogP contribution in [0.3, 0.4) is 0 Å². The summed E-state index contributed by atoms with van der Waals surface area (Å²) in [4.78, 5) is 52.6. The fraction of sp³-hybridized carbons (Fsp3) is 0.585. The van der Waals surface area contributed by atoms with E-state index in [1.54, 1.807) is 51.1 Å². The predicted octanol–water partition coefficient (Wildman–Crippen LogP) is 10.0. The van der Waals surface area contributed by atoms with E-state index in [4.69, 9.17) is 18.6 Å². The summed E-state index contributed by atoms with van der Waals surface area (Å²) in [6, 6.07) is 12.9. The van der Waals surface area contributed by atoms with Crippen LogP contribution in [0.15, 0.2) is 53.3 Å². The Hall–Kier alpha value is -4.27. The molecule has 1 unspecified atom stereocenters. The molecule has 3 rings (SSSR count). The van der Waals surface area contributed by atoms with E-state index in [-0.39, 0.29) is 40.1 Å². The third-order valence-electron chi connectivity index (χ3n) is 9.94. The molecule has 1 amide bonds. The van der Waals surface area contributed by atoms with Gasteiger partial charge in [-0.2, -0.15) is 0 Å². The molecular weight excluding hydrogens is 723 g/mol. The quantitative estimate of drug-likeness (QED) is 0.0335. The normalized spacial score (nSPS) is 13.7. The van der Waals surface area contributed by atoms with Gasteiger partial charge in [-0.05, 0) is 86.8 Å². The first-order valence-electron chi connectivity index (χ1n) is 19.0. The van der Waals surface area contributed by atoms with Crippen molar-refractivity contribution >= 4 is 37.2 Å². The summed E-state index contributed by atoms with van der Waals surface area (Å²) in [6.07, 6.45) is 1.02. The van der Waals surface area contributed by atoms with Gasteiger partial charge in [-0.15, -0.1) is 0 Å². The number of carbonyl (C=O) groups is 2. The highest BCUT2D eigenvalue weighted by atomic mass is 28.4. The SMILES string of the molecule is CC(C)(C)OC(=O)Oc1ccc(C(CN(CCCCC[C@@H](OCCc2ccc([N+](=O)[O-])cc2)C(C)(C)C)C(=O)O)O[Si](C)(C)C(C)(C)C)c2ccc(=O)[nH]c12. The number of nitro groups is 1. The summed E-state index contributed by atoms with van der Waals surface area (Å²) >= 11 is 0. The van der Waals surface area contributed by atoms with Crippen molar-refractivity contribution in [1.82, 2.24) is 9.88 Å². The van der Waals surface area contributed by atoms with Crippen molar-refractivity contribution in [2.75, 3.05) is 19.7 Å².